The Balaban J connectivity index is 2.10. The maximum atomic E-state index is 14.6. The molecule has 2 aromatic carbocycles. The number of anilines is 1. The van der Waals surface area contributed by atoms with Crippen LogP contribution in [0, 0.1) is 23.0 Å². The summed E-state index contributed by atoms with van der Waals surface area (Å²) in [5.41, 5.74) is 6.09. The number of nitrogens with zero attached hydrogens (tertiary/aromatic N) is 2. The number of benzene rings is 2. The van der Waals surface area contributed by atoms with E-state index in [0.717, 1.165) is 16.3 Å². The Morgan fingerprint density at radius 3 is 2.52 bits per heavy atom. The number of carbonyl (C=O) groups is 2. The lowest BCUT2D eigenvalue weighted by atomic mass is 10.1. The number of halogens is 2. The Morgan fingerprint density at radius 1 is 1.21 bits per heavy atom. The zero-order chi connectivity index (χ0) is 23.7. The fourth-order valence-electron chi connectivity index (χ4n) is 3.62. The van der Waals surface area contributed by atoms with Gasteiger partial charge in [0.2, 0.25) is 5.91 Å². The summed E-state index contributed by atoms with van der Waals surface area (Å²) in [5, 5.41) is 8.77. The molecule has 0 radical (unpaired) electrons. The Bertz CT molecular complexity index is 1460. The summed E-state index contributed by atoms with van der Waals surface area (Å²) < 4.78 is 35.1. The highest BCUT2D eigenvalue weighted by molar-refractivity contribution is 8.10. The first kappa shape index (κ1) is 22.3. The second-order valence-corrected chi connectivity index (χ2v) is 8.16. The van der Waals surface area contributed by atoms with Crippen LogP contribution in [-0.4, -0.2) is 23.1 Å². The van der Waals surface area contributed by atoms with Gasteiger partial charge >= 0.3 is 5.97 Å². The van der Waals surface area contributed by atoms with Crippen LogP contribution < -0.4 is 16.3 Å². The highest BCUT2D eigenvalue weighted by atomic mass is 32.2. The van der Waals surface area contributed by atoms with Crippen molar-refractivity contribution in [1.29, 1.82) is 5.26 Å². The van der Waals surface area contributed by atoms with Gasteiger partial charge in [-0.05, 0) is 25.1 Å². The minimum Gasteiger partial charge on any atom is -0.462 e. The average Bonchev–Trinajstić information content (AvgIpc) is 3.08. The van der Waals surface area contributed by atoms with Crippen LogP contribution in [0.15, 0.2) is 48.5 Å². The Labute approximate surface area is 191 Å². The van der Waals surface area contributed by atoms with Crippen molar-refractivity contribution in [3.63, 3.8) is 0 Å². The van der Waals surface area contributed by atoms with Gasteiger partial charge in [-0.3, -0.25) is 9.36 Å². The second kappa shape index (κ2) is 8.92. The summed E-state index contributed by atoms with van der Waals surface area (Å²) in [5.74, 6) is -2.59. The maximum Gasteiger partial charge on any atom is 0.346 e. The van der Waals surface area contributed by atoms with Crippen LogP contribution in [0.25, 0.3) is 11.0 Å². The van der Waals surface area contributed by atoms with E-state index in [0.29, 0.717) is 0 Å². The molecule has 0 saturated carbocycles. The number of thioether (sulfide) groups is 1. The van der Waals surface area contributed by atoms with Gasteiger partial charge < -0.3 is 10.5 Å². The Hall–Kier alpha value is -3.90. The van der Waals surface area contributed by atoms with Gasteiger partial charge in [-0.15, -0.1) is 0 Å². The molecule has 1 aromatic heterocycles. The minimum atomic E-state index is -1.15. The quantitative estimate of drug-likeness (QED) is 0.595. The molecule has 1 unspecified atom stereocenters. The number of carbonyl (C=O) groups excluding carboxylic acids is 2. The van der Waals surface area contributed by atoms with E-state index in [-0.39, 0.29) is 44.6 Å². The molecule has 1 aliphatic rings. The van der Waals surface area contributed by atoms with Gasteiger partial charge in [-0.1, -0.05) is 48.2 Å². The molecule has 9 heteroatoms. The van der Waals surface area contributed by atoms with Crippen LogP contribution in [-0.2, 0) is 9.53 Å². The van der Waals surface area contributed by atoms with E-state index in [1.165, 1.54) is 42.5 Å². The molecule has 166 valence electrons. The van der Waals surface area contributed by atoms with Gasteiger partial charge in [-0.25, -0.2) is 13.6 Å². The average molecular weight is 465 g/mol. The molecule has 6 nitrogen and oxygen atoms in total. The van der Waals surface area contributed by atoms with Gasteiger partial charge in [0.05, 0.1) is 17.6 Å². The van der Waals surface area contributed by atoms with Crippen LogP contribution in [0.1, 0.15) is 33.8 Å². The van der Waals surface area contributed by atoms with E-state index in [9.17, 15) is 23.6 Å². The molecule has 0 saturated heterocycles. The van der Waals surface area contributed by atoms with Gasteiger partial charge in [-0.2, -0.15) is 5.26 Å². The number of fused-ring (bicyclic) bond motifs is 1. The number of ether oxygens (including phenoxy) is 1. The number of nitrogens with two attached hydrogens (primary N) is 1. The van der Waals surface area contributed by atoms with Gasteiger partial charge in [0.1, 0.15) is 27.9 Å². The SMILES string of the molecule is CCOC(=O)C1=c2/c(=C\c3ccccc3F)c(N)c(C#N)n2C(=O)C(c2ccccc2F)S1. The molecule has 2 heterocycles. The number of esters is 1. The second-order valence-electron chi connectivity index (χ2n) is 7.04. The normalized spacial score (nSPS) is 15.8. The third-order valence-corrected chi connectivity index (χ3v) is 6.39. The third-order valence-electron chi connectivity index (χ3n) is 5.10. The number of nitriles is 1. The fraction of sp³-hybridized carbons (Fsp3) is 0.125. The summed E-state index contributed by atoms with van der Waals surface area (Å²) >= 11 is 0.812. The number of hydrogen-bond donors (Lipinski definition) is 1. The van der Waals surface area contributed by atoms with Crippen molar-refractivity contribution in [2.75, 3.05) is 12.3 Å². The van der Waals surface area contributed by atoms with Crippen molar-refractivity contribution in [3.8, 4) is 6.07 Å². The standard InChI is InChI=1S/C24H17F2N3O3S/c1-2-32-24(31)22-20-15(11-13-7-3-5-9-16(13)25)19(28)18(12-27)29(20)23(30)21(33-22)14-8-4-6-10-17(14)26/h3-11,21H,2,28H2,1H3/b15-11-. The van der Waals surface area contributed by atoms with Gasteiger partial charge in [0.25, 0.3) is 0 Å². The van der Waals surface area contributed by atoms with Crippen molar-refractivity contribution in [3.05, 3.63) is 87.6 Å². The Kier molecular flexibility index (Phi) is 6.03. The maximum absolute atomic E-state index is 14.6. The molecular formula is C24H17F2N3O3S. The molecule has 0 spiro atoms. The number of rotatable bonds is 4. The number of aromatic nitrogens is 1. The third kappa shape index (κ3) is 3.79. The van der Waals surface area contributed by atoms with E-state index in [4.69, 9.17) is 10.5 Å². The molecule has 3 aromatic rings. The van der Waals surface area contributed by atoms with Crippen LogP contribution in [0.2, 0.25) is 0 Å². The zero-order valence-corrected chi connectivity index (χ0v) is 18.2. The lowest BCUT2D eigenvalue weighted by molar-refractivity contribution is -0.135. The molecule has 0 fully saturated rings. The van der Waals surface area contributed by atoms with Crippen molar-refractivity contribution in [1.82, 2.24) is 4.57 Å². The molecule has 2 N–H and O–H groups in total. The molecule has 33 heavy (non-hydrogen) atoms. The van der Waals surface area contributed by atoms with E-state index >= 15 is 0 Å². The summed E-state index contributed by atoms with van der Waals surface area (Å²) in [4.78, 5) is 26.3. The highest BCUT2D eigenvalue weighted by Crippen LogP contribution is 2.40. The van der Waals surface area contributed by atoms with Crippen LogP contribution in [0.5, 0.6) is 0 Å². The van der Waals surface area contributed by atoms with Crippen molar-refractivity contribution < 1.29 is 23.1 Å². The molecule has 0 bridgehead atoms. The monoisotopic (exact) mass is 465 g/mol. The first-order chi connectivity index (χ1) is 15.9. The van der Waals surface area contributed by atoms with E-state index < -0.39 is 28.8 Å². The van der Waals surface area contributed by atoms with E-state index in [2.05, 4.69) is 0 Å². The van der Waals surface area contributed by atoms with Crippen molar-refractivity contribution in [2.45, 2.75) is 12.2 Å². The largest absolute Gasteiger partial charge is 0.462 e. The summed E-state index contributed by atoms with van der Waals surface area (Å²) in [6, 6.07) is 13.4. The topological polar surface area (TPSA) is 98.1 Å². The Morgan fingerprint density at radius 2 is 1.88 bits per heavy atom. The summed E-state index contributed by atoms with van der Waals surface area (Å²) in [7, 11) is 0. The fourth-order valence-corrected chi connectivity index (χ4v) is 4.85. The first-order valence-electron chi connectivity index (χ1n) is 9.92. The summed E-state index contributed by atoms with van der Waals surface area (Å²) in [6.07, 6.45) is 1.37. The molecular weight excluding hydrogens is 448 g/mol. The molecule has 1 atom stereocenters. The van der Waals surface area contributed by atoms with Gasteiger partial charge in [0.15, 0.2) is 5.69 Å². The zero-order valence-electron chi connectivity index (χ0n) is 17.3. The summed E-state index contributed by atoms with van der Waals surface area (Å²) in [6.45, 7) is 1.67. The van der Waals surface area contributed by atoms with Crippen LogP contribution >= 0.6 is 11.8 Å². The molecule has 4 rings (SSSR count). The molecule has 0 amide bonds. The predicted molar refractivity (Wildman–Crippen MR) is 120 cm³/mol. The lowest BCUT2D eigenvalue weighted by Crippen LogP contribution is -2.42. The molecule has 0 aliphatic carbocycles. The smallest absolute Gasteiger partial charge is 0.346 e. The highest BCUT2D eigenvalue weighted by Gasteiger charge is 2.37. The predicted octanol–water partition coefficient (Wildman–Crippen LogP) is 2.85. The lowest BCUT2D eigenvalue weighted by Gasteiger charge is -2.23. The minimum absolute atomic E-state index is 0.0216. The van der Waals surface area contributed by atoms with E-state index in [1.807, 2.05) is 6.07 Å². The number of nitrogen functional groups attached to an aromatic ring is 1. The van der Waals surface area contributed by atoms with Crippen LogP contribution in [0.4, 0.5) is 14.5 Å². The molecule has 1 aliphatic heterocycles. The van der Waals surface area contributed by atoms with Crippen molar-refractivity contribution in [2.24, 2.45) is 0 Å². The van der Waals surface area contributed by atoms with E-state index in [1.54, 1.807) is 19.1 Å². The first-order valence-corrected chi connectivity index (χ1v) is 10.8. The van der Waals surface area contributed by atoms with Gasteiger partial charge in [0, 0.05) is 16.3 Å². The number of hydrogen-bond acceptors (Lipinski definition) is 6. The van der Waals surface area contributed by atoms with Crippen molar-refractivity contribution >= 4 is 40.3 Å². The van der Waals surface area contributed by atoms with Crippen LogP contribution in [0.3, 0.4) is 0 Å².